The molecule has 3 heteroatoms. The van der Waals surface area contributed by atoms with Crippen molar-refractivity contribution in [3.63, 3.8) is 0 Å². The van der Waals surface area contributed by atoms with E-state index in [1.165, 1.54) is 0 Å². The van der Waals surface area contributed by atoms with Crippen molar-refractivity contribution in [2.75, 3.05) is 13.2 Å². The number of ether oxygens (including phenoxy) is 1. The zero-order valence-electron chi connectivity index (χ0n) is 10.1. The number of aromatic hydroxyl groups is 1. The van der Waals surface area contributed by atoms with Gasteiger partial charge in [0.2, 0.25) is 0 Å². The fraction of sp³-hybridized carbons (Fsp3) is 0.200. The minimum Gasteiger partial charge on any atom is -0.508 e. The van der Waals surface area contributed by atoms with Gasteiger partial charge in [-0.1, -0.05) is 30.3 Å². The Kier molecular flexibility index (Phi) is 4.20. The second-order valence-electron chi connectivity index (χ2n) is 4.15. The molecule has 0 amide bonds. The van der Waals surface area contributed by atoms with Gasteiger partial charge in [0.15, 0.2) is 0 Å². The van der Waals surface area contributed by atoms with Gasteiger partial charge in [-0.25, -0.2) is 0 Å². The van der Waals surface area contributed by atoms with Crippen molar-refractivity contribution in [3.8, 4) is 11.5 Å². The third-order valence-corrected chi connectivity index (χ3v) is 2.82. The molecule has 0 radical (unpaired) electrons. The van der Waals surface area contributed by atoms with Crippen LogP contribution in [0.3, 0.4) is 0 Å². The van der Waals surface area contributed by atoms with E-state index in [2.05, 4.69) is 0 Å². The van der Waals surface area contributed by atoms with E-state index in [0.717, 1.165) is 11.3 Å². The first kappa shape index (κ1) is 12.5. The molecule has 0 bridgehead atoms. The lowest BCUT2D eigenvalue weighted by molar-refractivity contribution is 0.290. The molecule has 2 rings (SSSR count). The van der Waals surface area contributed by atoms with Crippen LogP contribution in [0.5, 0.6) is 11.5 Å². The quantitative estimate of drug-likeness (QED) is 0.848. The van der Waals surface area contributed by atoms with Gasteiger partial charge in [-0.05, 0) is 29.8 Å². The van der Waals surface area contributed by atoms with E-state index in [0.29, 0.717) is 13.2 Å². The highest BCUT2D eigenvalue weighted by Crippen LogP contribution is 2.20. The Morgan fingerprint density at radius 3 is 2.50 bits per heavy atom. The smallest absolute Gasteiger partial charge is 0.119 e. The number of para-hydroxylation sites is 1. The number of hydrogen-bond donors (Lipinski definition) is 2. The highest BCUT2D eigenvalue weighted by atomic mass is 16.5. The molecule has 3 N–H and O–H groups in total. The molecule has 94 valence electrons. The molecule has 1 atom stereocenters. The Bertz CT molecular complexity index is 485. The maximum atomic E-state index is 9.46. The third kappa shape index (κ3) is 3.25. The van der Waals surface area contributed by atoms with Gasteiger partial charge in [0, 0.05) is 12.5 Å². The fourth-order valence-corrected chi connectivity index (χ4v) is 1.79. The van der Waals surface area contributed by atoms with Gasteiger partial charge in [0.05, 0.1) is 6.61 Å². The average Bonchev–Trinajstić information content (AvgIpc) is 2.41. The summed E-state index contributed by atoms with van der Waals surface area (Å²) in [5.41, 5.74) is 6.75. The fourth-order valence-electron chi connectivity index (χ4n) is 1.79. The number of benzene rings is 2. The molecule has 0 fully saturated rings. The van der Waals surface area contributed by atoms with Gasteiger partial charge in [-0.15, -0.1) is 0 Å². The summed E-state index contributed by atoms with van der Waals surface area (Å²) in [4.78, 5) is 0. The first-order valence-corrected chi connectivity index (χ1v) is 5.96. The van der Waals surface area contributed by atoms with Crippen LogP contribution >= 0.6 is 0 Å². The SMILES string of the molecule is NCC(COc1ccccc1)c1cccc(O)c1. The minimum atomic E-state index is 0.0808. The van der Waals surface area contributed by atoms with Crippen LogP contribution in [0.4, 0.5) is 0 Å². The van der Waals surface area contributed by atoms with Crippen LogP contribution in [-0.4, -0.2) is 18.3 Å². The number of phenolic OH excluding ortho intramolecular Hbond substituents is 1. The van der Waals surface area contributed by atoms with Crippen molar-refractivity contribution in [1.82, 2.24) is 0 Å². The molecule has 0 aromatic heterocycles. The summed E-state index contributed by atoms with van der Waals surface area (Å²) < 4.78 is 5.69. The van der Waals surface area contributed by atoms with Crippen LogP contribution < -0.4 is 10.5 Å². The Morgan fingerprint density at radius 1 is 1.06 bits per heavy atom. The summed E-state index contributed by atoms with van der Waals surface area (Å²) in [6.07, 6.45) is 0. The maximum absolute atomic E-state index is 9.46. The van der Waals surface area contributed by atoms with E-state index in [1.54, 1.807) is 12.1 Å². The highest BCUT2D eigenvalue weighted by molar-refractivity contribution is 5.30. The maximum Gasteiger partial charge on any atom is 0.119 e. The largest absolute Gasteiger partial charge is 0.508 e. The number of hydrogen-bond acceptors (Lipinski definition) is 3. The lowest BCUT2D eigenvalue weighted by atomic mass is 10.00. The number of phenols is 1. The average molecular weight is 243 g/mol. The van der Waals surface area contributed by atoms with Crippen LogP contribution in [0, 0.1) is 0 Å². The minimum absolute atomic E-state index is 0.0808. The summed E-state index contributed by atoms with van der Waals surface area (Å²) in [6.45, 7) is 0.986. The van der Waals surface area contributed by atoms with Crippen molar-refractivity contribution in [2.45, 2.75) is 5.92 Å². The van der Waals surface area contributed by atoms with E-state index >= 15 is 0 Å². The molecule has 0 aliphatic heterocycles. The Balaban J connectivity index is 2.02. The monoisotopic (exact) mass is 243 g/mol. The van der Waals surface area contributed by atoms with Crippen LogP contribution in [0.25, 0.3) is 0 Å². The van der Waals surface area contributed by atoms with Gasteiger partial charge >= 0.3 is 0 Å². The summed E-state index contributed by atoms with van der Waals surface area (Å²) in [5, 5.41) is 9.46. The molecule has 2 aromatic rings. The second-order valence-corrected chi connectivity index (χ2v) is 4.15. The topological polar surface area (TPSA) is 55.5 Å². The van der Waals surface area contributed by atoms with Crippen molar-refractivity contribution >= 4 is 0 Å². The molecular formula is C15H17NO2. The molecule has 0 saturated carbocycles. The molecule has 2 aromatic carbocycles. The van der Waals surface area contributed by atoms with Gasteiger partial charge in [-0.2, -0.15) is 0 Å². The number of nitrogens with two attached hydrogens (primary N) is 1. The molecule has 1 unspecified atom stereocenters. The summed E-state index contributed by atoms with van der Waals surface area (Å²) in [6, 6.07) is 16.8. The summed E-state index contributed by atoms with van der Waals surface area (Å²) >= 11 is 0. The standard InChI is InChI=1S/C15H17NO2/c16-10-13(12-5-4-6-14(17)9-12)11-18-15-7-2-1-3-8-15/h1-9,13,17H,10-11,16H2. The van der Waals surface area contributed by atoms with Gasteiger partial charge in [0.25, 0.3) is 0 Å². The van der Waals surface area contributed by atoms with E-state index in [1.807, 2.05) is 42.5 Å². The van der Waals surface area contributed by atoms with E-state index in [4.69, 9.17) is 10.5 Å². The molecule has 0 heterocycles. The molecule has 0 aliphatic carbocycles. The van der Waals surface area contributed by atoms with Gasteiger partial charge < -0.3 is 15.6 Å². The first-order valence-electron chi connectivity index (χ1n) is 5.96. The lowest BCUT2D eigenvalue weighted by Gasteiger charge is -2.16. The Labute approximate surface area is 107 Å². The van der Waals surface area contributed by atoms with E-state index in [9.17, 15) is 5.11 Å². The van der Waals surface area contributed by atoms with Crippen molar-refractivity contribution in [3.05, 3.63) is 60.2 Å². The van der Waals surface area contributed by atoms with E-state index < -0.39 is 0 Å². The summed E-state index contributed by atoms with van der Waals surface area (Å²) in [5.74, 6) is 1.17. The van der Waals surface area contributed by atoms with Gasteiger partial charge in [0.1, 0.15) is 11.5 Å². The van der Waals surface area contributed by atoms with Gasteiger partial charge in [-0.3, -0.25) is 0 Å². The highest BCUT2D eigenvalue weighted by Gasteiger charge is 2.11. The molecular weight excluding hydrogens is 226 g/mol. The lowest BCUT2D eigenvalue weighted by Crippen LogP contribution is -2.19. The summed E-state index contributed by atoms with van der Waals surface area (Å²) in [7, 11) is 0. The first-order chi connectivity index (χ1) is 8.79. The van der Waals surface area contributed by atoms with Crippen LogP contribution in [-0.2, 0) is 0 Å². The second kappa shape index (κ2) is 6.07. The molecule has 0 spiro atoms. The Morgan fingerprint density at radius 2 is 1.83 bits per heavy atom. The van der Waals surface area contributed by atoms with Crippen molar-refractivity contribution in [2.24, 2.45) is 5.73 Å². The van der Waals surface area contributed by atoms with Crippen molar-refractivity contribution < 1.29 is 9.84 Å². The zero-order chi connectivity index (χ0) is 12.8. The van der Waals surface area contributed by atoms with Crippen LogP contribution in [0.1, 0.15) is 11.5 Å². The molecule has 0 aliphatic rings. The number of rotatable bonds is 5. The molecule has 0 saturated heterocycles. The molecule has 3 nitrogen and oxygen atoms in total. The van der Waals surface area contributed by atoms with Crippen LogP contribution in [0.15, 0.2) is 54.6 Å². The normalized spacial score (nSPS) is 12.1. The zero-order valence-corrected chi connectivity index (χ0v) is 10.1. The van der Waals surface area contributed by atoms with E-state index in [-0.39, 0.29) is 11.7 Å². The van der Waals surface area contributed by atoms with Crippen molar-refractivity contribution in [1.29, 1.82) is 0 Å². The Hall–Kier alpha value is -2.00. The molecule has 18 heavy (non-hydrogen) atoms. The predicted octanol–water partition coefficient (Wildman–Crippen LogP) is 2.51. The third-order valence-electron chi connectivity index (χ3n) is 2.82. The van der Waals surface area contributed by atoms with Crippen LogP contribution in [0.2, 0.25) is 0 Å². The predicted molar refractivity (Wildman–Crippen MR) is 71.8 cm³/mol.